The second-order valence-electron chi connectivity index (χ2n) is 8.16. The Morgan fingerprint density at radius 2 is 1.94 bits per heavy atom. The summed E-state index contributed by atoms with van der Waals surface area (Å²) >= 11 is 1.51. The summed E-state index contributed by atoms with van der Waals surface area (Å²) in [7, 11) is 0. The maximum Gasteiger partial charge on any atom is 0.260 e. The first-order valence-electron chi connectivity index (χ1n) is 11.8. The van der Waals surface area contributed by atoms with E-state index in [0.29, 0.717) is 48.6 Å². The summed E-state index contributed by atoms with van der Waals surface area (Å²) < 4.78 is 23.5. The number of carbonyl (C=O) groups is 1. The van der Waals surface area contributed by atoms with Gasteiger partial charge in [-0.05, 0) is 43.7 Å². The summed E-state index contributed by atoms with van der Waals surface area (Å²) in [6.45, 7) is 8.35. The van der Waals surface area contributed by atoms with Gasteiger partial charge in [0.15, 0.2) is 16.6 Å². The minimum Gasteiger partial charge on any atom is -0.492 e. The SMILES string of the molecule is CCOc1cccc2sc(N(CCCN3CCOCC3)C(=O)c3ccc4c(c3)OCCO4)nc12. The smallest absolute Gasteiger partial charge is 0.260 e. The number of fused-ring (bicyclic) bond motifs is 2. The number of hydrogen-bond donors (Lipinski definition) is 0. The number of benzene rings is 2. The monoisotopic (exact) mass is 483 g/mol. The lowest BCUT2D eigenvalue weighted by Crippen LogP contribution is -2.39. The van der Waals surface area contributed by atoms with E-state index in [9.17, 15) is 4.79 Å². The zero-order valence-corrected chi connectivity index (χ0v) is 20.1. The summed E-state index contributed by atoms with van der Waals surface area (Å²) in [6, 6.07) is 11.3. The molecular formula is C25H29N3O5S. The summed E-state index contributed by atoms with van der Waals surface area (Å²) in [5.74, 6) is 1.91. The number of ether oxygens (including phenoxy) is 4. The Kier molecular flexibility index (Phi) is 7.13. The van der Waals surface area contributed by atoms with Crippen molar-refractivity contribution in [1.82, 2.24) is 9.88 Å². The number of rotatable bonds is 8. The van der Waals surface area contributed by atoms with Gasteiger partial charge in [0.25, 0.3) is 5.91 Å². The lowest BCUT2D eigenvalue weighted by Gasteiger charge is -2.28. The Labute approximate surface area is 203 Å². The number of nitrogens with zero attached hydrogens (tertiary/aromatic N) is 3. The quantitative estimate of drug-likeness (QED) is 0.482. The Morgan fingerprint density at radius 3 is 2.76 bits per heavy atom. The summed E-state index contributed by atoms with van der Waals surface area (Å²) in [6.07, 6.45) is 0.838. The highest BCUT2D eigenvalue weighted by atomic mass is 32.1. The second kappa shape index (κ2) is 10.6. The standard InChI is InChI=1S/C25H29N3O5S/c1-2-31-20-5-3-6-22-23(20)26-25(34-22)28(10-4-9-27-11-13-30-14-12-27)24(29)18-7-8-19-21(17-18)33-16-15-32-19/h3,5-8,17H,2,4,9-16H2,1H3. The van der Waals surface area contributed by atoms with Crippen molar-refractivity contribution in [3.05, 3.63) is 42.0 Å². The first-order chi connectivity index (χ1) is 16.7. The molecule has 0 radical (unpaired) electrons. The average molecular weight is 484 g/mol. The van der Waals surface area contributed by atoms with Gasteiger partial charge in [0.05, 0.1) is 24.5 Å². The molecule has 0 unspecified atom stereocenters. The molecular weight excluding hydrogens is 454 g/mol. The van der Waals surface area contributed by atoms with Crippen molar-refractivity contribution in [2.24, 2.45) is 0 Å². The molecule has 2 aliphatic rings. The highest BCUT2D eigenvalue weighted by Crippen LogP contribution is 2.36. The minimum atomic E-state index is -0.101. The Balaban J connectivity index is 1.42. The van der Waals surface area contributed by atoms with Crippen molar-refractivity contribution < 1.29 is 23.7 Å². The third kappa shape index (κ3) is 4.96. The Hall–Kier alpha value is -2.88. The van der Waals surface area contributed by atoms with Crippen LogP contribution in [-0.4, -0.2) is 75.0 Å². The zero-order chi connectivity index (χ0) is 23.3. The van der Waals surface area contributed by atoms with Crippen molar-refractivity contribution in [3.8, 4) is 17.2 Å². The van der Waals surface area contributed by atoms with Crippen molar-refractivity contribution >= 4 is 32.6 Å². The van der Waals surface area contributed by atoms with E-state index in [2.05, 4.69) is 4.90 Å². The van der Waals surface area contributed by atoms with E-state index in [0.717, 1.165) is 55.2 Å². The number of para-hydroxylation sites is 1. The first kappa shape index (κ1) is 22.9. The number of hydrogen-bond acceptors (Lipinski definition) is 8. The van der Waals surface area contributed by atoms with E-state index >= 15 is 0 Å². The molecule has 1 saturated heterocycles. The molecule has 3 aromatic rings. The molecule has 1 amide bonds. The van der Waals surface area contributed by atoms with Gasteiger partial charge < -0.3 is 18.9 Å². The Bertz CT molecular complexity index is 1140. The fourth-order valence-corrected chi connectivity index (χ4v) is 5.20. The van der Waals surface area contributed by atoms with Crippen molar-refractivity contribution in [2.45, 2.75) is 13.3 Å². The van der Waals surface area contributed by atoms with Crippen LogP contribution in [0.15, 0.2) is 36.4 Å². The minimum absolute atomic E-state index is 0.101. The molecule has 2 aliphatic heterocycles. The van der Waals surface area contributed by atoms with E-state index < -0.39 is 0 Å². The van der Waals surface area contributed by atoms with Crippen molar-refractivity contribution in [1.29, 1.82) is 0 Å². The van der Waals surface area contributed by atoms with E-state index in [4.69, 9.17) is 23.9 Å². The topological polar surface area (TPSA) is 73.4 Å². The number of carbonyl (C=O) groups excluding carboxylic acids is 1. The molecule has 0 aliphatic carbocycles. The van der Waals surface area contributed by atoms with Gasteiger partial charge in [-0.3, -0.25) is 14.6 Å². The molecule has 180 valence electrons. The summed E-state index contributed by atoms with van der Waals surface area (Å²) in [5, 5.41) is 0.670. The number of amides is 1. The molecule has 1 aromatic heterocycles. The predicted molar refractivity (Wildman–Crippen MR) is 132 cm³/mol. The third-order valence-corrected chi connectivity index (χ3v) is 6.94. The van der Waals surface area contributed by atoms with Gasteiger partial charge in [0, 0.05) is 31.7 Å². The second-order valence-corrected chi connectivity index (χ2v) is 9.16. The highest BCUT2D eigenvalue weighted by molar-refractivity contribution is 7.22. The molecule has 0 spiro atoms. The molecule has 8 nitrogen and oxygen atoms in total. The van der Waals surface area contributed by atoms with Crippen LogP contribution in [0.4, 0.5) is 5.13 Å². The summed E-state index contributed by atoms with van der Waals surface area (Å²) in [5.41, 5.74) is 1.34. The van der Waals surface area contributed by atoms with E-state index in [1.807, 2.05) is 25.1 Å². The predicted octanol–water partition coefficient (Wildman–Crippen LogP) is 3.84. The van der Waals surface area contributed by atoms with E-state index in [-0.39, 0.29) is 5.91 Å². The first-order valence-corrected chi connectivity index (χ1v) is 12.6. The number of thiazole rings is 1. The van der Waals surface area contributed by atoms with Crippen LogP contribution >= 0.6 is 11.3 Å². The molecule has 1 fully saturated rings. The van der Waals surface area contributed by atoms with Gasteiger partial charge in [0.1, 0.15) is 24.5 Å². The maximum absolute atomic E-state index is 13.7. The fourth-order valence-electron chi connectivity index (χ4n) is 4.19. The number of aromatic nitrogens is 1. The highest BCUT2D eigenvalue weighted by Gasteiger charge is 2.24. The van der Waals surface area contributed by atoms with Gasteiger partial charge in [-0.15, -0.1) is 0 Å². The molecule has 0 atom stereocenters. The van der Waals surface area contributed by atoms with Gasteiger partial charge in [-0.1, -0.05) is 17.4 Å². The maximum atomic E-state index is 13.7. The normalized spacial score (nSPS) is 15.9. The van der Waals surface area contributed by atoms with E-state index in [1.54, 1.807) is 23.1 Å². The van der Waals surface area contributed by atoms with Crippen molar-refractivity contribution in [2.75, 3.05) is 64.1 Å². The average Bonchev–Trinajstić information content (AvgIpc) is 3.32. The molecule has 3 heterocycles. The van der Waals surface area contributed by atoms with Gasteiger partial charge in [-0.2, -0.15) is 0 Å². The Morgan fingerprint density at radius 1 is 1.12 bits per heavy atom. The molecule has 0 bridgehead atoms. The lowest BCUT2D eigenvalue weighted by atomic mass is 10.1. The van der Waals surface area contributed by atoms with Crippen LogP contribution in [0.1, 0.15) is 23.7 Å². The van der Waals surface area contributed by atoms with Gasteiger partial charge >= 0.3 is 0 Å². The molecule has 2 aromatic carbocycles. The number of anilines is 1. The third-order valence-electron chi connectivity index (χ3n) is 5.90. The molecule has 5 rings (SSSR count). The fraction of sp³-hybridized carbons (Fsp3) is 0.440. The van der Waals surface area contributed by atoms with Crippen LogP contribution in [0.5, 0.6) is 17.2 Å². The van der Waals surface area contributed by atoms with Crippen LogP contribution in [0.25, 0.3) is 10.2 Å². The molecule has 9 heteroatoms. The van der Waals surface area contributed by atoms with Gasteiger partial charge in [-0.25, -0.2) is 4.98 Å². The molecule has 0 N–H and O–H groups in total. The van der Waals surface area contributed by atoms with Crippen LogP contribution in [-0.2, 0) is 4.74 Å². The van der Waals surface area contributed by atoms with Gasteiger partial charge in [0.2, 0.25) is 0 Å². The van der Waals surface area contributed by atoms with Crippen LogP contribution < -0.4 is 19.1 Å². The van der Waals surface area contributed by atoms with Crippen LogP contribution in [0, 0.1) is 0 Å². The largest absolute Gasteiger partial charge is 0.492 e. The summed E-state index contributed by atoms with van der Waals surface area (Å²) in [4.78, 5) is 22.7. The van der Waals surface area contributed by atoms with Crippen molar-refractivity contribution in [3.63, 3.8) is 0 Å². The van der Waals surface area contributed by atoms with E-state index in [1.165, 1.54) is 11.3 Å². The van der Waals surface area contributed by atoms with Crippen LogP contribution in [0.3, 0.4) is 0 Å². The van der Waals surface area contributed by atoms with Crippen LogP contribution in [0.2, 0.25) is 0 Å². The molecule has 0 saturated carbocycles. The lowest BCUT2D eigenvalue weighted by molar-refractivity contribution is 0.0376. The zero-order valence-electron chi connectivity index (χ0n) is 19.3. The molecule has 34 heavy (non-hydrogen) atoms. The number of morpholine rings is 1.